The Labute approximate surface area is 142 Å². The number of furan rings is 1. The summed E-state index contributed by atoms with van der Waals surface area (Å²) in [5.74, 6) is 0.322. The average Bonchev–Trinajstić information content (AvgIpc) is 2.85. The van der Waals surface area contributed by atoms with Crippen molar-refractivity contribution in [3.63, 3.8) is 0 Å². The van der Waals surface area contributed by atoms with Gasteiger partial charge >= 0.3 is 0 Å². The third-order valence-electron chi connectivity index (χ3n) is 4.35. The number of anilines is 1. The van der Waals surface area contributed by atoms with Crippen LogP contribution in [0.4, 0.5) is 5.69 Å². The van der Waals surface area contributed by atoms with E-state index < -0.39 is 0 Å². The standard InChI is InChI=1S/C19H23N3O2/c1-15-18(10-13-24-15)19(23)21-20-14-16-6-8-17(9-7-16)22-11-4-2-3-5-12-22/h6-10,13-14H,2-5,11-12H2,1H3,(H,21,23)/b20-14-. The van der Waals surface area contributed by atoms with Gasteiger partial charge in [0.15, 0.2) is 0 Å². The minimum Gasteiger partial charge on any atom is -0.469 e. The van der Waals surface area contributed by atoms with Crippen LogP contribution in [0.15, 0.2) is 46.1 Å². The van der Waals surface area contributed by atoms with E-state index >= 15 is 0 Å². The van der Waals surface area contributed by atoms with Gasteiger partial charge in [0.25, 0.3) is 5.91 Å². The number of nitrogens with zero attached hydrogens (tertiary/aromatic N) is 2. The highest BCUT2D eigenvalue weighted by Crippen LogP contribution is 2.19. The second-order valence-electron chi connectivity index (χ2n) is 6.08. The van der Waals surface area contributed by atoms with Crippen molar-refractivity contribution in [3.05, 3.63) is 53.5 Å². The monoisotopic (exact) mass is 325 g/mol. The number of rotatable bonds is 4. The van der Waals surface area contributed by atoms with Gasteiger partial charge in [0, 0.05) is 18.8 Å². The van der Waals surface area contributed by atoms with Crippen LogP contribution in [-0.4, -0.2) is 25.2 Å². The van der Waals surface area contributed by atoms with Crippen LogP contribution in [0.2, 0.25) is 0 Å². The fourth-order valence-electron chi connectivity index (χ4n) is 2.95. The Kier molecular flexibility index (Phi) is 5.31. The Morgan fingerprint density at radius 3 is 2.46 bits per heavy atom. The van der Waals surface area contributed by atoms with Gasteiger partial charge in [0.1, 0.15) is 5.76 Å². The van der Waals surface area contributed by atoms with Gasteiger partial charge < -0.3 is 9.32 Å². The summed E-state index contributed by atoms with van der Waals surface area (Å²) in [5.41, 5.74) is 5.24. The summed E-state index contributed by atoms with van der Waals surface area (Å²) >= 11 is 0. The first-order valence-electron chi connectivity index (χ1n) is 8.46. The highest BCUT2D eigenvalue weighted by atomic mass is 16.3. The van der Waals surface area contributed by atoms with E-state index in [9.17, 15) is 4.79 Å². The van der Waals surface area contributed by atoms with E-state index in [1.165, 1.54) is 37.6 Å². The summed E-state index contributed by atoms with van der Waals surface area (Å²) in [5, 5.41) is 4.02. The summed E-state index contributed by atoms with van der Waals surface area (Å²) in [7, 11) is 0. The molecule has 3 rings (SSSR count). The molecule has 5 heteroatoms. The number of hydrogen-bond acceptors (Lipinski definition) is 4. The average molecular weight is 325 g/mol. The van der Waals surface area contributed by atoms with E-state index in [0.29, 0.717) is 11.3 Å². The SMILES string of the molecule is Cc1occc1C(=O)N/N=C\c1ccc(N2CCCCCC2)cc1. The van der Waals surface area contributed by atoms with Gasteiger partial charge in [-0.25, -0.2) is 5.43 Å². The van der Waals surface area contributed by atoms with Crippen molar-refractivity contribution in [1.82, 2.24) is 5.43 Å². The van der Waals surface area contributed by atoms with Crippen molar-refractivity contribution in [3.8, 4) is 0 Å². The molecule has 1 saturated heterocycles. The van der Waals surface area contributed by atoms with E-state index in [-0.39, 0.29) is 5.91 Å². The number of nitrogens with one attached hydrogen (secondary N) is 1. The van der Waals surface area contributed by atoms with Crippen molar-refractivity contribution in [2.75, 3.05) is 18.0 Å². The number of aryl methyl sites for hydroxylation is 1. The number of amides is 1. The molecule has 1 aromatic carbocycles. The van der Waals surface area contributed by atoms with Gasteiger partial charge in [0.2, 0.25) is 0 Å². The smallest absolute Gasteiger partial charge is 0.274 e. The minimum atomic E-state index is -0.265. The van der Waals surface area contributed by atoms with Crippen LogP contribution >= 0.6 is 0 Å². The molecular weight excluding hydrogens is 302 g/mol. The van der Waals surface area contributed by atoms with Crippen LogP contribution < -0.4 is 10.3 Å². The van der Waals surface area contributed by atoms with Crippen LogP contribution in [0.5, 0.6) is 0 Å². The van der Waals surface area contributed by atoms with Crippen molar-refractivity contribution < 1.29 is 9.21 Å². The molecule has 1 amide bonds. The van der Waals surface area contributed by atoms with Gasteiger partial charge in [-0.2, -0.15) is 5.10 Å². The van der Waals surface area contributed by atoms with E-state index in [1.807, 2.05) is 12.1 Å². The Balaban J connectivity index is 1.57. The first kappa shape index (κ1) is 16.3. The second kappa shape index (κ2) is 7.81. The zero-order valence-electron chi connectivity index (χ0n) is 14.0. The molecule has 0 unspecified atom stereocenters. The van der Waals surface area contributed by atoms with Crippen LogP contribution in [0.1, 0.15) is 47.4 Å². The summed E-state index contributed by atoms with van der Waals surface area (Å²) < 4.78 is 5.11. The molecule has 0 radical (unpaired) electrons. The largest absolute Gasteiger partial charge is 0.469 e. The third kappa shape index (κ3) is 4.04. The van der Waals surface area contributed by atoms with E-state index in [2.05, 4.69) is 27.6 Å². The minimum absolute atomic E-state index is 0.265. The lowest BCUT2D eigenvalue weighted by atomic mass is 10.2. The molecular formula is C19H23N3O2. The maximum Gasteiger partial charge on any atom is 0.274 e. The lowest BCUT2D eigenvalue weighted by molar-refractivity contribution is 0.0953. The van der Waals surface area contributed by atoms with Gasteiger partial charge in [0.05, 0.1) is 18.0 Å². The number of carbonyl (C=O) groups is 1. The molecule has 2 aromatic rings. The first-order chi connectivity index (χ1) is 11.7. The van der Waals surface area contributed by atoms with Crippen LogP contribution in [0.25, 0.3) is 0 Å². The molecule has 1 N–H and O–H groups in total. The van der Waals surface area contributed by atoms with Crippen molar-refractivity contribution in [2.24, 2.45) is 5.10 Å². The molecule has 0 atom stereocenters. The zero-order valence-corrected chi connectivity index (χ0v) is 14.0. The fourth-order valence-corrected chi connectivity index (χ4v) is 2.95. The molecule has 5 nitrogen and oxygen atoms in total. The van der Waals surface area contributed by atoms with Crippen LogP contribution in [-0.2, 0) is 0 Å². The third-order valence-corrected chi connectivity index (χ3v) is 4.35. The molecule has 24 heavy (non-hydrogen) atoms. The summed E-state index contributed by atoms with van der Waals surface area (Å²) in [6.07, 6.45) is 8.34. The lowest BCUT2D eigenvalue weighted by Crippen LogP contribution is -2.23. The fraction of sp³-hybridized carbons (Fsp3) is 0.368. The Morgan fingerprint density at radius 2 is 1.83 bits per heavy atom. The highest BCUT2D eigenvalue weighted by molar-refractivity contribution is 5.95. The predicted molar refractivity (Wildman–Crippen MR) is 95.6 cm³/mol. The van der Waals surface area contributed by atoms with E-state index in [4.69, 9.17) is 4.42 Å². The predicted octanol–water partition coefficient (Wildman–Crippen LogP) is 3.73. The molecule has 0 aliphatic carbocycles. The van der Waals surface area contributed by atoms with Gasteiger partial charge in [-0.3, -0.25) is 4.79 Å². The summed E-state index contributed by atoms with van der Waals surface area (Å²) in [6, 6.07) is 9.93. The first-order valence-corrected chi connectivity index (χ1v) is 8.46. The van der Waals surface area contributed by atoms with Gasteiger partial charge in [-0.05, 0) is 43.5 Å². The maximum atomic E-state index is 11.9. The van der Waals surface area contributed by atoms with Crippen molar-refractivity contribution in [1.29, 1.82) is 0 Å². The molecule has 1 aliphatic heterocycles. The molecule has 126 valence electrons. The summed E-state index contributed by atoms with van der Waals surface area (Å²) in [4.78, 5) is 14.4. The van der Waals surface area contributed by atoms with Crippen LogP contribution in [0, 0.1) is 6.92 Å². The van der Waals surface area contributed by atoms with E-state index in [1.54, 1.807) is 19.2 Å². The second-order valence-corrected chi connectivity index (χ2v) is 6.08. The Morgan fingerprint density at radius 1 is 1.12 bits per heavy atom. The van der Waals surface area contributed by atoms with Gasteiger partial charge in [-0.15, -0.1) is 0 Å². The molecule has 0 bridgehead atoms. The highest BCUT2D eigenvalue weighted by Gasteiger charge is 2.10. The van der Waals surface area contributed by atoms with Crippen molar-refractivity contribution >= 4 is 17.8 Å². The zero-order chi connectivity index (χ0) is 16.8. The summed E-state index contributed by atoms with van der Waals surface area (Å²) in [6.45, 7) is 4.02. The Hall–Kier alpha value is -2.56. The number of carbonyl (C=O) groups excluding carboxylic acids is 1. The Bertz CT molecular complexity index is 696. The quantitative estimate of drug-likeness (QED) is 0.688. The number of benzene rings is 1. The van der Waals surface area contributed by atoms with Crippen molar-refractivity contribution in [2.45, 2.75) is 32.6 Å². The van der Waals surface area contributed by atoms with E-state index in [0.717, 1.165) is 18.7 Å². The molecule has 0 saturated carbocycles. The number of hydrazone groups is 1. The maximum absolute atomic E-state index is 11.9. The van der Waals surface area contributed by atoms with Gasteiger partial charge in [-0.1, -0.05) is 25.0 Å². The number of hydrogen-bond donors (Lipinski definition) is 1. The topological polar surface area (TPSA) is 57.8 Å². The molecule has 1 aliphatic rings. The molecule has 1 aromatic heterocycles. The molecule has 0 spiro atoms. The normalized spacial score (nSPS) is 15.5. The molecule has 1 fully saturated rings. The molecule has 2 heterocycles. The van der Waals surface area contributed by atoms with Crippen LogP contribution in [0.3, 0.4) is 0 Å². The lowest BCUT2D eigenvalue weighted by Gasteiger charge is -2.22.